The third kappa shape index (κ3) is 4.27. The average Bonchev–Trinajstić information content (AvgIpc) is 3.27. The van der Waals surface area contributed by atoms with E-state index in [9.17, 15) is 0 Å². The van der Waals surface area contributed by atoms with Gasteiger partial charge in [-0.1, -0.05) is 108 Å². The summed E-state index contributed by atoms with van der Waals surface area (Å²) in [6, 6.07) is 56.5. The topological polar surface area (TPSA) is 6.48 Å². The van der Waals surface area contributed by atoms with Gasteiger partial charge in [-0.2, -0.15) is 0 Å². The van der Waals surface area contributed by atoms with Crippen LogP contribution < -0.4 is 42.6 Å². The normalized spacial score (nSPS) is 13.8. The van der Waals surface area contributed by atoms with Gasteiger partial charge in [-0.05, 0) is 200 Å². The largest absolute Gasteiger partial charge is 0.311 e. The van der Waals surface area contributed by atoms with Crippen LogP contribution in [0.15, 0.2) is 146 Å². The number of hydrogen-bond acceptors (Lipinski definition) is 2. The van der Waals surface area contributed by atoms with Gasteiger partial charge in [-0.15, -0.1) is 0 Å². The summed E-state index contributed by atoms with van der Waals surface area (Å²) < 4.78 is 0. The Morgan fingerprint density at radius 1 is 0.323 bits per heavy atom. The van der Waals surface area contributed by atoms with Crippen LogP contribution in [0.3, 0.4) is 0 Å². The maximum Gasteiger partial charge on any atom is 0.248 e. The lowest BCUT2D eigenvalue weighted by atomic mass is 9.31. The van der Waals surface area contributed by atoms with E-state index in [1.807, 2.05) is 0 Å². The summed E-state index contributed by atoms with van der Waals surface area (Å²) in [4.78, 5) is 5.07. The predicted octanol–water partition coefficient (Wildman–Crippen LogP) is 11.0. The number of aryl methyl sites for hydroxylation is 6. The summed E-state index contributed by atoms with van der Waals surface area (Å²) in [6.45, 7) is 14.0. The molecule has 0 amide bonds. The standard InChI is InChI=1S/C58H42B2N2/c1-31-17-19-45-49(23-31)61(37-13-9-7-10-14-37)51-25-33(3)21-43-41-27-36(6)40-30-48-54-42(28-35(5)39-29-47(59(45)57(43)51)53(41)55(40)56(39)54)44-22-34(4)26-52-58(44)60(48)46-20-18-32(2)24-50(46)62(52)38-15-11-8-12-16-38/h7-30H,1-6H3. The second kappa shape index (κ2) is 11.9. The summed E-state index contributed by atoms with van der Waals surface area (Å²) >= 11 is 0. The van der Waals surface area contributed by atoms with Crippen molar-refractivity contribution in [3.8, 4) is 22.3 Å². The van der Waals surface area contributed by atoms with E-state index < -0.39 is 0 Å². The van der Waals surface area contributed by atoms with E-state index in [4.69, 9.17) is 0 Å². The highest BCUT2D eigenvalue weighted by atomic mass is 15.2. The number of nitrogens with zero attached hydrogens (tertiary/aromatic N) is 2. The lowest BCUT2D eigenvalue weighted by Gasteiger charge is -2.42. The smallest absolute Gasteiger partial charge is 0.248 e. The van der Waals surface area contributed by atoms with Crippen molar-refractivity contribution in [1.82, 2.24) is 0 Å². The molecule has 0 saturated carbocycles. The van der Waals surface area contributed by atoms with Crippen LogP contribution in [-0.4, -0.2) is 13.4 Å². The minimum Gasteiger partial charge on any atom is -0.311 e. The summed E-state index contributed by atoms with van der Waals surface area (Å²) in [6.07, 6.45) is 0. The quantitative estimate of drug-likeness (QED) is 0.127. The number of anilines is 6. The van der Waals surface area contributed by atoms with Gasteiger partial charge >= 0.3 is 0 Å². The lowest BCUT2D eigenvalue weighted by molar-refractivity contribution is 1.27. The Morgan fingerprint density at radius 3 is 1.15 bits per heavy atom. The molecular weight excluding hydrogens is 746 g/mol. The van der Waals surface area contributed by atoms with Crippen LogP contribution >= 0.6 is 0 Å². The van der Waals surface area contributed by atoms with Gasteiger partial charge in [0.25, 0.3) is 0 Å². The number of para-hydroxylation sites is 2. The first kappa shape index (κ1) is 34.7. The predicted molar refractivity (Wildman–Crippen MR) is 268 cm³/mol. The lowest BCUT2D eigenvalue weighted by Crippen LogP contribution is -2.60. The van der Waals surface area contributed by atoms with Gasteiger partial charge in [-0.25, -0.2) is 0 Å². The van der Waals surface area contributed by atoms with E-state index in [1.165, 1.54) is 155 Å². The van der Waals surface area contributed by atoms with E-state index in [-0.39, 0.29) is 13.4 Å². The zero-order valence-electron chi connectivity index (χ0n) is 35.9. The minimum atomic E-state index is 0.104. The monoisotopic (exact) mass is 788 g/mol. The molecule has 0 N–H and O–H groups in total. The van der Waals surface area contributed by atoms with E-state index in [1.54, 1.807) is 0 Å². The molecule has 0 saturated heterocycles. The third-order valence-corrected chi connectivity index (χ3v) is 14.9. The van der Waals surface area contributed by atoms with E-state index in [0.717, 1.165) is 0 Å². The second-order valence-electron chi connectivity index (χ2n) is 18.8. The Balaban J connectivity index is 1.14. The van der Waals surface area contributed by atoms with Crippen molar-refractivity contribution in [1.29, 1.82) is 0 Å². The first-order valence-electron chi connectivity index (χ1n) is 22.2. The van der Waals surface area contributed by atoms with Gasteiger partial charge in [0, 0.05) is 34.1 Å². The van der Waals surface area contributed by atoms with Crippen molar-refractivity contribution in [2.75, 3.05) is 9.80 Å². The molecule has 62 heavy (non-hydrogen) atoms. The Kier molecular flexibility index (Phi) is 6.63. The molecule has 0 bridgehead atoms. The van der Waals surface area contributed by atoms with Gasteiger partial charge in [0.1, 0.15) is 0 Å². The van der Waals surface area contributed by atoms with Crippen LogP contribution in [0.5, 0.6) is 0 Å². The highest BCUT2D eigenvalue weighted by Crippen LogP contribution is 2.50. The zero-order valence-corrected chi connectivity index (χ0v) is 35.9. The van der Waals surface area contributed by atoms with Gasteiger partial charge in [-0.3, -0.25) is 0 Å². The molecule has 4 heteroatoms. The number of hydrogen-bond donors (Lipinski definition) is 0. The summed E-state index contributed by atoms with van der Waals surface area (Å²) in [7, 11) is 0. The van der Waals surface area contributed by atoms with E-state index >= 15 is 0 Å². The molecule has 4 aliphatic rings. The molecule has 4 aliphatic heterocycles. The Labute approximate surface area is 363 Å². The molecule has 0 fully saturated rings. The fraction of sp³-hybridized carbons (Fsp3) is 0.103. The van der Waals surface area contributed by atoms with Crippen molar-refractivity contribution in [2.24, 2.45) is 0 Å². The van der Waals surface area contributed by atoms with Crippen LogP contribution in [0.1, 0.15) is 33.4 Å². The number of fused-ring (bicyclic) bond motifs is 8. The van der Waals surface area contributed by atoms with Crippen LogP contribution in [0.4, 0.5) is 34.1 Å². The van der Waals surface area contributed by atoms with Crippen molar-refractivity contribution >= 4 is 113 Å². The summed E-state index contributed by atoms with van der Waals surface area (Å²) in [5, 5.41) is 8.50. The molecule has 10 aromatic rings. The molecule has 0 unspecified atom stereocenters. The molecular formula is C58H42B2N2. The SMILES string of the molecule is Cc1ccc2c(c1)N(c1ccccc1)c1cc(C)cc3c1B2c1cc2c(C)cc4c5c(cc6c(C)cc-3c1c6c25)B1c2ccc(C)cc2N(c2ccccc2)c2cc(C)cc-4c21. The van der Waals surface area contributed by atoms with Crippen molar-refractivity contribution in [3.63, 3.8) is 0 Å². The molecule has 10 aromatic carbocycles. The Morgan fingerprint density at radius 2 is 0.726 bits per heavy atom. The number of benzene rings is 10. The van der Waals surface area contributed by atoms with Gasteiger partial charge < -0.3 is 9.80 Å². The molecule has 2 nitrogen and oxygen atoms in total. The fourth-order valence-corrected chi connectivity index (χ4v) is 12.6. The number of rotatable bonds is 2. The van der Waals surface area contributed by atoms with Crippen molar-refractivity contribution in [3.05, 3.63) is 179 Å². The van der Waals surface area contributed by atoms with Crippen LogP contribution in [-0.2, 0) is 0 Å². The molecule has 0 radical (unpaired) electrons. The summed E-state index contributed by atoms with van der Waals surface area (Å²) in [5.41, 5.74) is 29.3. The van der Waals surface area contributed by atoms with Crippen LogP contribution in [0.2, 0.25) is 0 Å². The molecule has 0 spiro atoms. The highest BCUT2D eigenvalue weighted by molar-refractivity contribution is 7.02. The van der Waals surface area contributed by atoms with E-state index in [2.05, 4.69) is 197 Å². The fourth-order valence-electron chi connectivity index (χ4n) is 12.6. The maximum atomic E-state index is 2.63. The Bertz CT molecular complexity index is 3420. The zero-order chi connectivity index (χ0) is 41.4. The molecule has 290 valence electrons. The molecule has 0 atom stereocenters. The highest BCUT2D eigenvalue weighted by Gasteiger charge is 2.45. The summed E-state index contributed by atoms with van der Waals surface area (Å²) in [5.74, 6) is 0. The first-order chi connectivity index (χ1) is 30.2. The van der Waals surface area contributed by atoms with Crippen molar-refractivity contribution in [2.45, 2.75) is 41.5 Å². The van der Waals surface area contributed by atoms with Crippen LogP contribution in [0, 0.1) is 41.5 Å². The first-order valence-corrected chi connectivity index (χ1v) is 22.2. The molecule has 0 aliphatic carbocycles. The molecule has 14 rings (SSSR count). The molecule has 0 aromatic heterocycles. The average molecular weight is 789 g/mol. The van der Waals surface area contributed by atoms with Gasteiger partial charge in [0.2, 0.25) is 13.4 Å². The van der Waals surface area contributed by atoms with E-state index in [0.29, 0.717) is 0 Å². The van der Waals surface area contributed by atoms with Crippen molar-refractivity contribution < 1.29 is 0 Å². The van der Waals surface area contributed by atoms with Crippen LogP contribution in [0.25, 0.3) is 54.6 Å². The van der Waals surface area contributed by atoms with Gasteiger partial charge in [0.15, 0.2) is 0 Å². The minimum absolute atomic E-state index is 0.104. The Hall–Kier alpha value is -7.03. The maximum absolute atomic E-state index is 2.63. The molecule has 4 heterocycles. The second-order valence-corrected chi connectivity index (χ2v) is 18.8. The van der Waals surface area contributed by atoms with Gasteiger partial charge in [0.05, 0.1) is 0 Å². The third-order valence-electron chi connectivity index (χ3n) is 14.9.